The van der Waals surface area contributed by atoms with Gasteiger partial charge in [0.1, 0.15) is 0 Å². The third kappa shape index (κ3) is 2.37. The average molecular weight is 381 g/mol. The van der Waals surface area contributed by atoms with Crippen LogP contribution in [-0.2, 0) is 6.54 Å². The minimum atomic E-state index is -0.109. The number of rotatable bonds is 4. The SMILES string of the molecule is COc1cc(C2c3cc4c(cc3Cn3nncc32)OCO4)cc(OC)c1OC. The predicted molar refractivity (Wildman–Crippen MR) is 98.7 cm³/mol. The van der Waals surface area contributed by atoms with E-state index in [1.807, 2.05) is 28.9 Å². The first kappa shape index (κ1) is 16.7. The zero-order chi connectivity index (χ0) is 19.3. The highest BCUT2D eigenvalue weighted by Gasteiger charge is 2.32. The second-order valence-corrected chi connectivity index (χ2v) is 6.61. The van der Waals surface area contributed by atoms with Crippen molar-refractivity contribution in [1.82, 2.24) is 15.0 Å². The lowest BCUT2D eigenvalue weighted by Crippen LogP contribution is -2.20. The molecular weight excluding hydrogens is 362 g/mol. The van der Waals surface area contributed by atoms with Gasteiger partial charge in [0.2, 0.25) is 12.5 Å². The molecule has 28 heavy (non-hydrogen) atoms. The maximum absolute atomic E-state index is 5.61. The molecule has 3 aromatic rings. The van der Waals surface area contributed by atoms with E-state index >= 15 is 0 Å². The van der Waals surface area contributed by atoms with Crippen LogP contribution in [0.15, 0.2) is 30.5 Å². The number of fused-ring (bicyclic) bond motifs is 3. The van der Waals surface area contributed by atoms with Crippen molar-refractivity contribution in [3.05, 3.63) is 52.8 Å². The normalized spacial score (nSPS) is 16.3. The zero-order valence-corrected chi connectivity index (χ0v) is 15.8. The van der Waals surface area contributed by atoms with Gasteiger partial charge in [-0.05, 0) is 41.0 Å². The van der Waals surface area contributed by atoms with Crippen molar-refractivity contribution >= 4 is 0 Å². The van der Waals surface area contributed by atoms with Crippen LogP contribution in [0, 0.1) is 0 Å². The number of aromatic nitrogens is 3. The molecule has 0 fully saturated rings. The number of benzene rings is 2. The summed E-state index contributed by atoms with van der Waals surface area (Å²) in [6.45, 7) is 0.863. The molecule has 0 saturated carbocycles. The van der Waals surface area contributed by atoms with Gasteiger partial charge in [0.25, 0.3) is 0 Å². The molecule has 2 aliphatic rings. The first-order valence-electron chi connectivity index (χ1n) is 8.84. The van der Waals surface area contributed by atoms with Crippen molar-refractivity contribution in [1.29, 1.82) is 0 Å². The molecule has 0 aliphatic carbocycles. The number of hydrogen-bond acceptors (Lipinski definition) is 7. The second-order valence-electron chi connectivity index (χ2n) is 6.61. The fraction of sp³-hybridized carbons (Fsp3) is 0.300. The monoisotopic (exact) mass is 381 g/mol. The van der Waals surface area contributed by atoms with Crippen molar-refractivity contribution in [3.63, 3.8) is 0 Å². The molecule has 5 rings (SSSR count). The number of methoxy groups -OCH3 is 3. The maximum atomic E-state index is 5.61. The smallest absolute Gasteiger partial charge is 0.231 e. The molecule has 1 atom stereocenters. The van der Waals surface area contributed by atoms with Crippen LogP contribution in [0.3, 0.4) is 0 Å². The largest absolute Gasteiger partial charge is 0.493 e. The van der Waals surface area contributed by atoms with E-state index in [2.05, 4.69) is 10.3 Å². The molecule has 3 heterocycles. The van der Waals surface area contributed by atoms with Gasteiger partial charge in [0.05, 0.1) is 45.7 Å². The van der Waals surface area contributed by atoms with Crippen LogP contribution in [0.25, 0.3) is 0 Å². The van der Waals surface area contributed by atoms with E-state index in [1.54, 1.807) is 27.5 Å². The van der Waals surface area contributed by atoms with Gasteiger partial charge >= 0.3 is 0 Å². The minimum Gasteiger partial charge on any atom is -0.493 e. The first-order chi connectivity index (χ1) is 13.7. The van der Waals surface area contributed by atoms with E-state index in [0.29, 0.717) is 23.8 Å². The lowest BCUT2D eigenvalue weighted by atomic mass is 9.83. The van der Waals surface area contributed by atoms with E-state index in [1.165, 1.54) is 0 Å². The van der Waals surface area contributed by atoms with Gasteiger partial charge < -0.3 is 23.7 Å². The van der Waals surface area contributed by atoms with Gasteiger partial charge in [-0.25, -0.2) is 4.68 Å². The van der Waals surface area contributed by atoms with Crippen molar-refractivity contribution in [2.75, 3.05) is 28.1 Å². The van der Waals surface area contributed by atoms with Crippen LogP contribution in [0.5, 0.6) is 28.7 Å². The van der Waals surface area contributed by atoms with Crippen molar-refractivity contribution < 1.29 is 23.7 Å². The molecule has 0 saturated heterocycles. The van der Waals surface area contributed by atoms with Gasteiger partial charge in [0, 0.05) is 0 Å². The molecule has 144 valence electrons. The van der Waals surface area contributed by atoms with Crippen LogP contribution < -0.4 is 23.7 Å². The highest BCUT2D eigenvalue weighted by Crippen LogP contribution is 2.47. The van der Waals surface area contributed by atoms with Gasteiger partial charge in [-0.15, -0.1) is 5.10 Å². The quantitative estimate of drug-likeness (QED) is 0.538. The Hall–Kier alpha value is -3.42. The predicted octanol–water partition coefficient (Wildman–Crippen LogP) is 2.57. The third-order valence-electron chi connectivity index (χ3n) is 5.23. The summed E-state index contributed by atoms with van der Waals surface area (Å²) in [7, 11) is 4.81. The Labute approximate surface area is 161 Å². The summed E-state index contributed by atoms with van der Waals surface area (Å²) in [5, 5.41) is 8.37. The summed E-state index contributed by atoms with van der Waals surface area (Å²) in [5.74, 6) is 3.15. The van der Waals surface area contributed by atoms with Gasteiger partial charge in [-0.3, -0.25) is 0 Å². The molecule has 2 aliphatic heterocycles. The summed E-state index contributed by atoms with van der Waals surface area (Å²) >= 11 is 0. The van der Waals surface area contributed by atoms with Crippen LogP contribution in [-0.4, -0.2) is 43.1 Å². The zero-order valence-electron chi connectivity index (χ0n) is 15.8. The Bertz CT molecular complexity index is 1040. The summed E-state index contributed by atoms with van der Waals surface area (Å²) in [4.78, 5) is 0. The summed E-state index contributed by atoms with van der Waals surface area (Å²) in [5.41, 5.74) is 4.20. The summed E-state index contributed by atoms with van der Waals surface area (Å²) < 4.78 is 29.6. The van der Waals surface area contributed by atoms with Crippen molar-refractivity contribution in [2.24, 2.45) is 0 Å². The molecule has 0 N–H and O–H groups in total. The van der Waals surface area contributed by atoms with Gasteiger partial charge in [-0.2, -0.15) is 0 Å². The average Bonchev–Trinajstić information content (AvgIpc) is 3.37. The Kier molecular flexibility index (Phi) is 3.78. The topological polar surface area (TPSA) is 76.9 Å². The van der Waals surface area contributed by atoms with Crippen molar-refractivity contribution in [2.45, 2.75) is 12.5 Å². The standard InChI is InChI=1S/C20H19N3O5/c1-24-17-4-11(5-18(25-2)20(17)26-3)19-13-7-16-15(27-10-28-16)6-12(13)9-23-14(19)8-21-22-23/h4-8,19H,9-10H2,1-3H3. The number of hydrogen-bond donors (Lipinski definition) is 0. The fourth-order valence-electron chi connectivity index (χ4n) is 3.96. The fourth-order valence-corrected chi connectivity index (χ4v) is 3.96. The molecule has 1 aromatic heterocycles. The summed E-state index contributed by atoms with van der Waals surface area (Å²) in [6.07, 6.45) is 1.79. The van der Waals surface area contributed by atoms with Crippen LogP contribution in [0.1, 0.15) is 28.3 Å². The van der Waals surface area contributed by atoms with Crippen molar-refractivity contribution in [3.8, 4) is 28.7 Å². The maximum Gasteiger partial charge on any atom is 0.231 e. The Morgan fingerprint density at radius 3 is 2.36 bits per heavy atom. The Morgan fingerprint density at radius 1 is 0.964 bits per heavy atom. The molecule has 2 aromatic carbocycles. The molecule has 0 amide bonds. The van der Waals surface area contributed by atoms with Gasteiger partial charge in [0.15, 0.2) is 23.0 Å². The van der Waals surface area contributed by atoms with Gasteiger partial charge in [-0.1, -0.05) is 5.21 Å². The summed E-state index contributed by atoms with van der Waals surface area (Å²) in [6, 6.07) is 7.99. The Morgan fingerprint density at radius 2 is 1.68 bits per heavy atom. The highest BCUT2D eigenvalue weighted by atomic mass is 16.7. The van der Waals surface area contributed by atoms with Crippen LogP contribution in [0.4, 0.5) is 0 Å². The Balaban J connectivity index is 1.73. The number of ether oxygens (including phenoxy) is 5. The molecule has 0 radical (unpaired) electrons. The highest BCUT2D eigenvalue weighted by molar-refractivity contribution is 5.60. The lowest BCUT2D eigenvalue weighted by molar-refractivity contribution is 0.174. The van der Waals surface area contributed by atoms with E-state index in [9.17, 15) is 0 Å². The lowest BCUT2D eigenvalue weighted by Gasteiger charge is -2.28. The minimum absolute atomic E-state index is 0.109. The molecule has 1 unspecified atom stereocenters. The molecular formula is C20H19N3O5. The second kappa shape index (κ2) is 6.33. The third-order valence-corrected chi connectivity index (χ3v) is 5.23. The molecule has 0 spiro atoms. The van der Waals surface area contributed by atoms with E-state index in [0.717, 1.165) is 33.9 Å². The molecule has 8 nitrogen and oxygen atoms in total. The van der Waals surface area contributed by atoms with E-state index in [-0.39, 0.29) is 12.7 Å². The van der Waals surface area contributed by atoms with Crippen LogP contribution in [0.2, 0.25) is 0 Å². The first-order valence-corrected chi connectivity index (χ1v) is 8.84. The van der Waals surface area contributed by atoms with E-state index in [4.69, 9.17) is 23.7 Å². The van der Waals surface area contributed by atoms with E-state index < -0.39 is 0 Å². The van der Waals surface area contributed by atoms with Crippen LogP contribution >= 0.6 is 0 Å². The number of nitrogens with zero attached hydrogens (tertiary/aromatic N) is 3. The molecule has 0 bridgehead atoms. The molecule has 8 heteroatoms.